The lowest BCUT2D eigenvalue weighted by molar-refractivity contribution is -0.146. The minimum Gasteiger partial charge on any atom is -0.497 e. The molecule has 39 heavy (non-hydrogen) atoms. The topological polar surface area (TPSA) is 62.7 Å². The van der Waals surface area contributed by atoms with Crippen molar-refractivity contribution < 1.29 is 32.2 Å². The number of carboxylic acids is 1. The van der Waals surface area contributed by atoms with Crippen LogP contribution < -0.4 is 4.74 Å². The molecular weight excluding hydrogens is 532 g/mol. The molecule has 0 radical (unpaired) electrons. The molecule has 1 aliphatic heterocycles. The Balaban J connectivity index is 1.26. The molecule has 1 aliphatic rings. The zero-order chi connectivity index (χ0) is 28.0. The summed E-state index contributed by atoms with van der Waals surface area (Å²) in [6, 6.07) is 12.1. The standard InChI is InChI=1S/C29H32F4N2O3S/c1-38-21-6-10-27-24(17-21)23(11-13-34-27)26(30)9-3-19-12-15-35(18-25(19)28(36)37)14-2-16-39-22-7-4-20(5-8-22)29(31,32)33/h4-8,10-11,13,17,19,25-26H,2-3,9,12,14-16,18H2,1H3,(H,36,37)/t19-,25+,26-/m1/s1. The highest BCUT2D eigenvalue weighted by atomic mass is 32.2. The second-order valence-corrected chi connectivity index (χ2v) is 11.0. The van der Waals surface area contributed by atoms with Crippen molar-refractivity contribution in [1.82, 2.24) is 9.88 Å². The van der Waals surface area contributed by atoms with Crippen LogP contribution in [0.4, 0.5) is 17.6 Å². The van der Waals surface area contributed by atoms with E-state index in [2.05, 4.69) is 9.88 Å². The molecule has 0 aliphatic carbocycles. The van der Waals surface area contributed by atoms with Gasteiger partial charge in [-0.1, -0.05) is 0 Å². The highest BCUT2D eigenvalue weighted by molar-refractivity contribution is 7.99. The van der Waals surface area contributed by atoms with E-state index in [1.54, 1.807) is 37.6 Å². The number of fused-ring (bicyclic) bond motifs is 1. The quantitative estimate of drug-likeness (QED) is 0.150. The number of aromatic nitrogens is 1. The lowest BCUT2D eigenvalue weighted by Crippen LogP contribution is -2.44. The molecule has 210 valence electrons. The lowest BCUT2D eigenvalue weighted by atomic mass is 9.81. The van der Waals surface area contributed by atoms with Crippen molar-refractivity contribution in [2.45, 2.75) is 42.9 Å². The van der Waals surface area contributed by atoms with Gasteiger partial charge in [0.2, 0.25) is 0 Å². The van der Waals surface area contributed by atoms with Crippen molar-refractivity contribution >= 4 is 28.6 Å². The van der Waals surface area contributed by atoms with Gasteiger partial charge < -0.3 is 14.7 Å². The van der Waals surface area contributed by atoms with Gasteiger partial charge >= 0.3 is 12.1 Å². The summed E-state index contributed by atoms with van der Waals surface area (Å²) in [6.45, 7) is 1.86. The molecule has 2 heterocycles. The van der Waals surface area contributed by atoms with Crippen LogP contribution in [0.3, 0.4) is 0 Å². The summed E-state index contributed by atoms with van der Waals surface area (Å²) in [5.41, 5.74) is 0.556. The van der Waals surface area contributed by atoms with Crippen LogP contribution in [-0.4, -0.2) is 53.5 Å². The summed E-state index contributed by atoms with van der Waals surface area (Å²) >= 11 is 1.48. The number of rotatable bonds is 11. The number of methoxy groups -OCH3 is 1. The number of carbonyl (C=O) groups is 1. The van der Waals surface area contributed by atoms with Gasteiger partial charge in [-0.2, -0.15) is 13.2 Å². The van der Waals surface area contributed by atoms with Gasteiger partial charge in [-0.15, -0.1) is 11.8 Å². The summed E-state index contributed by atoms with van der Waals surface area (Å²) in [4.78, 5) is 19.3. The number of alkyl halides is 4. The predicted molar refractivity (Wildman–Crippen MR) is 144 cm³/mol. The molecule has 10 heteroatoms. The summed E-state index contributed by atoms with van der Waals surface area (Å²) in [5, 5.41) is 10.6. The summed E-state index contributed by atoms with van der Waals surface area (Å²) < 4.78 is 58.8. The van der Waals surface area contributed by atoms with Crippen molar-refractivity contribution in [3.8, 4) is 5.75 Å². The van der Waals surface area contributed by atoms with E-state index in [-0.39, 0.29) is 12.3 Å². The second kappa shape index (κ2) is 13.0. The molecule has 3 aromatic rings. The van der Waals surface area contributed by atoms with Gasteiger partial charge in [0.25, 0.3) is 0 Å². The molecular formula is C29H32F4N2O3S. The Hall–Kier alpha value is -2.85. The number of aliphatic carboxylic acids is 1. The van der Waals surface area contributed by atoms with E-state index < -0.39 is 29.8 Å². The number of hydrogen-bond donors (Lipinski definition) is 1. The Morgan fingerprint density at radius 2 is 1.97 bits per heavy atom. The maximum atomic E-state index is 15.4. The molecule has 4 rings (SSSR count). The number of carboxylic acid groups (broad SMARTS) is 1. The van der Waals surface area contributed by atoms with Crippen LogP contribution in [0.1, 0.15) is 43.0 Å². The highest BCUT2D eigenvalue weighted by Gasteiger charge is 2.34. The molecule has 0 saturated carbocycles. The Morgan fingerprint density at radius 3 is 2.67 bits per heavy atom. The second-order valence-electron chi connectivity index (χ2n) is 9.85. The molecule has 0 amide bonds. The van der Waals surface area contributed by atoms with Gasteiger partial charge in [-0.25, -0.2) is 4.39 Å². The fourth-order valence-corrected chi connectivity index (χ4v) is 6.02. The third-order valence-corrected chi connectivity index (χ3v) is 8.44. The molecule has 0 unspecified atom stereocenters. The maximum Gasteiger partial charge on any atom is 0.416 e. The molecule has 5 nitrogen and oxygen atoms in total. The van der Waals surface area contributed by atoms with Gasteiger partial charge in [0.15, 0.2) is 0 Å². The van der Waals surface area contributed by atoms with Crippen molar-refractivity contribution in [2.75, 3.05) is 32.5 Å². The Bertz CT molecular complexity index is 1260. The molecule has 1 aromatic heterocycles. The van der Waals surface area contributed by atoms with Gasteiger partial charge in [0.1, 0.15) is 11.9 Å². The van der Waals surface area contributed by atoms with Gasteiger partial charge in [-0.3, -0.25) is 9.78 Å². The number of pyridine rings is 1. The van der Waals surface area contributed by atoms with Crippen LogP contribution in [0.15, 0.2) is 59.6 Å². The van der Waals surface area contributed by atoms with Gasteiger partial charge in [-0.05, 0) is 105 Å². The van der Waals surface area contributed by atoms with Crippen LogP contribution in [0.2, 0.25) is 0 Å². The van der Waals surface area contributed by atoms with Crippen LogP contribution in [0, 0.1) is 11.8 Å². The molecule has 3 atom stereocenters. The first-order valence-corrected chi connectivity index (χ1v) is 14.0. The predicted octanol–water partition coefficient (Wildman–Crippen LogP) is 7.26. The number of hydrogen-bond acceptors (Lipinski definition) is 5. The van der Waals surface area contributed by atoms with E-state index in [0.29, 0.717) is 48.1 Å². The Morgan fingerprint density at radius 1 is 1.21 bits per heavy atom. The van der Waals surface area contributed by atoms with E-state index in [4.69, 9.17) is 4.74 Å². The molecule has 0 bridgehead atoms. The van der Waals surface area contributed by atoms with E-state index in [1.807, 2.05) is 0 Å². The fourth-order valence-electron chi connectivity index (χ4n) is 5.18. The smallest absolute Gasteiger partial charge is 0.416 e. The molecule has 2 aromatic carbocycles. The third-order valence-electron chi connectivity index (χ3n) is 7.34. The lowest BCUT2D eigenvalue weighted by Gasteiger charge is -2.36. The van der Waals surface area contributed by atoms with Gasteiger partial charge in [0.05, 0.1) is 24.1 Å². The molecule has 1 saturated heterocycles. The molecule has 0 spiro atoms. The number of likely N-dealkylation sites (tertiary alicyclic amines) is 1. The van der Waals surface area contributed by atoms with Gasteiger partial charge in [0, 0.05) is 23.0 Å². The van der Waals surface area contributed by atoms with Crippen molar-refractivity contribution in [2.24, 2.45) is 11.8 Å². The van der Waals surface area contributed by atoms with Crippen molar-refractivity contribution in [3.05, 3.63) is 65.9 Å². The average molecular weight is 565 g/mol. The normalized spacial score (nSPS) is 19.2. The fraction of sp³-hybridized carbons (Fsp3) is 0.448. The minimum atomic E-state index is -4.34. The Kier molecular flexibility index (Phi) is 9.71. The van der Waals surface area contributed by atoms with E-state index in [1.165, 1.54) is 23.9 Å². The largest absolute Gasteiger partial charge is 0.497 e. The first kappa shape index (κ1) is 29.1. The monoisotopic (exact) mass is 564 g/mol. The first-order chi connectivity index (χ1) is 18.7. The zero-order valence-corrected chi connectivity index (χ0v) is 22.5. The highest BCUT2D eigenvalue weighted by Crippen LogP contribution is 2.36. The number of halogens is 4. The van der Waals surface area contributed by atoms with E-state index >= 15 is 4.39 Å². The van der Waals surface area contributed by atoms with E-state index in [0.717, 1.165) is 35.7 Å². The maximum absolute atomic E-state index is 15.4. The van der Waals surface area contributed by atoms with Crippen LogP contribution in [-0.2, 0) is 11.0 Å². The minimum absolute atomic E-state index is 0.110. The first-order valence-electron chi connectivity index (χ1n) is 13.0. The van der Waals surface area contributed by atoms with Crippen molar-refractivity contribution in [1.29, 1.82) is 0 Å². The number of thioether (sulfide) groups is 1. The molecule has 1 fully saturated rings. The summed E-state index contributed by atoms with van der Waals surface area (Å²) in [5.74, 6) is -0.195. The van der Waals surface area contributed by atoms with Crippen LogP contribution in [0.25, 0.3) is 10.9 Å². The van der Waals surface area contributed by atoms with Crippen molar-refractivity contribution in [3.63, 3.8) is 0 Å². The number of nitrogens with zero attached hydrogens (tertiary/aromatic N) is 2. The van der Waals surface area contributed by atoms with Crippen LogP contribution >= 0.6 is 11.8 Å². The zero-order valence-electron chi connectivity index (χ0n) is 21.7. The Labute approximate surface area is 229 Å². The number of benzene rings is 2. The van der Waals surface area contributed by atoms with Crippen LogP contribution in [0.5, 0.6) is 5.75 Å². The number of piperidine rings is 1. The van der Waals surface area contributed by atoms with E-state index in [9.17, 15) is 23.1 Å². The summed E-state index contributed by atoms with van der Waals surface area (Å²) in [7, 11) is 1.56. The average Bonchev–Trinajstić information content (AvgIpc) is 2.93. The SMILES string of the molecule is COc1ccc2nccc([C@H](F)CC[C@@H]3CCN(CCCSc4ccc(C(F)(F)F)cc4)C[C@@H]3C(=O)O)c2c1. The third kappa shape index (κ3) is 7.63. The number of ether oxygens (including phenoxy) is 1. The summed E-state index contributed by atoms with van der Waals surface area (Å²) in [6.07, 6.45) is -1.82. The molecule has 1 N–H and O–H groups in total.